The van der Waals surface area contributed by atoms with Crippen LogP contribution in [0.4, 0.5) is 4.39 Å². The van der Waals surface area contributed by atoms with E-state index in [1.54, 1.807) is 13.0 Å². The maximum atomic E-state index is 14.3. The Kier molecular flexibility index (Phi) is 7.09. The molecule has 1 saturated carbocycles. The molecule has 0 radical (unpaired) electrons. The molecule has 2 aliphatic rings. The van der Waals surface area contributed by atoms with Crippen LogP contribution in [0.25, 0.3) is 0 Å². The van der Waals surface area contributed by atoms with E-state index in [1.807, 2.05) is 6.07 Å². The number of carbonyl (C=O) groups excluding carboxylic acids is 1. The number of aryl methyl sites for hydroxylation is 3. The second-order valence-corrected chi connectivity index (χ2v) is 9.66. The van der Waals surface area contributed by atoms with Crippen molar-refractivity contribution < 1.29 is 13.9 Å². The van der Waals surface area contributed by atoms with Crippen molar-refractivity contribution in [1.29, 1.82) is 0 Å². The average molecular weight is 423 g/mol. The third-order valence-corrected chi connectivity index (χ3v) is 7.46. The van der Waals surface area contributed by atoms with Gasteiger partial charge in [-0.2, -0.15) is 0 Å². The van der Waals surface area contributed by atoms with Gasteiger partial charge in [0.2, 0.25) is 0 Å². The topological polar surface area (TPSA) is 26.3 Å². The highest BCUT2D eigenvalue weighted by atomic mass is 19.1. The minimum absolute atomic E-state index is 0.119. The number of hydrogen-bond acceptors (Lipinski definition) is 2. The van der Waals surface area contributed by atoms with Crippen molar-refractivity contribution in [2.24, 2.45) is 17.8 Å². The molecular weight excluding hydrogens is 387 g/mol. The standard InChI is InChI=1S/C28H35FO2/c1-3-4-5-20-7-9-21(10-8-20)11-12-22-13-16-23(17-14-22)25-18-24-15-6-19(2)26(29)27(24)31-28(25)30/h6-10,15,22-23,25H,3-5,11-14,16-18H2,1-2H3. The van der Waals surface area contributed by atoms with Gasteiger partial charge in [0.25, 0.3) is 0 Å². The van der Waals surface area contributed by atoms with Crippen LogP contribution in [0.1, 0.15) is 74.1 Å². The highest BCUT2D eigenvalue weighted by Gasteiger charge is 2.37. The van der Waals surface area contributed by atoms with Crippen LogP contribution < -0.4 is 4.74 Å². The molecule has 1 atom stereocenters. The Hall–Kier alpha value is -2.16. The third kappa shape index (κ3) is 5.19. The number of fused-ring (bicyclic) bond motifs is 1. The zero-order chi connectivity index (χ0) is 21.8. The molecule has 1 fully saturated rings. The number of ether oxygens (including phenoxy) is 1. The van der Waals surface area contributed by atoms with Crippen LogP contribution in [-0.4, -0.2) is 5.97 Å². The summed E-state index contributed by atoms with van der Waals surface area (Å²) in [6, 6.07) is 12.9. The van der Waals surface area contributed by atoms with Crippen LogP contribution >= 0.6 is 0 Å². The lowest BCUT2D eigenvalue weighted by Gasteiger charge is -2.35. The van der Waals surface area contributed by atoms with Gasteiger partial charge in [0.15, 0.2) is 11.6 Å². The quantitative estimate of drug-likeness (QED) is 0.355. The van der Waals surface area contributed by atoms with Crippen LogP contribution in [0.5, 0.6) is 5.75 Å². The molecule has 0 aromatic heterocycles. The Morgan fingerprint density at radius 1 is 0.968 bits per heavy atom. The van der Waals surface area contributed by atoms with E-state index >= 15 is 0 Å². The summed E-state index contributed by atoms with van der Waals surface area (Å²) in [5.74, 6) is 0.527. The largest absolute Gasteiger partial charge is 0.423 e. The number of halogens is 1. The van der Waals surface area contributed by atoms with Gasteiger partial charge < -0.3 is 4.74 Å². The van der Waals surface area contributed by atoms with Crippen LogP contribution in [0.2, 0.25) is 0 Å². The molecule has 1 unspecified atom stereocenters. The summed E-state index contributed by atoms with van der Waals surface area (Å²) in [6.07, 6.45) is 11.2. The number of carbonyl (C=O) groups is 1. The predicted molar refractivity (Wildman–Crippen MR) is 123 cm³/mol. The predicted octanol–water partition coefficient (Wildman–Crippen LogP) is 6.99. The van der Waals surface area contributed by atoms with Crippen molar-refractivity contribution in [1.82, 2.24) is 0 Å². The number of hydrogen-bond donors (Lipinski definition) is 0. The molecule has 1 aliphatic carbocycles. The van der Waals surface area contributed by atoms with Crippen molar-refractivity contribution in [3.8, 4) is 5.75 Å². The summed E-state index contributed by atoms with van der Waals surface area (Å²) >= 11 is 0. The highest BCUT2D eigenvalue weighted by molar-refractivity contribution is 5.78. The van der Waals surface area contributed by atoms with Gasteiger partial charge in [-0.3, -0.25) is 4.79 Å². The first-order valence-corrected chi connectivity index (χ1v) is 12.1. The molecule has 0 bridgehead atoms. The Labute approximate surface area is 186 Å². The van der Waals surface area contributed by atoms with E-state index in [-0.39, 0.29) is 23.5 Å². The molecule has 0 amide bonds. The summed E-state index contributed by atoms with van der Waals surface area (Å²) in [4.78, 5) is 12.6. The zero-order valence-electron chi connectivity index (χ0n) is 19.0. The molecule has 3 heteroatoms. The van der Waals surface area contributed by atoms with E-state index in [4.69, 9.17) is 4.74 Å². The molecule has 166 valence electrons. The van der Waals surface area contributed by atoms with Crippen molar-refractivity contribution in [2.75, 3.05) is 0 Å². The van der Waals surface area contributed by atoms with E-state index in [9.17, 15) is 9.18 Å². The Balaban J connectivity index is 1.27. The molecular formula is C28H35FO2. The summed E-state index contributed by atoms with van der Waals surface area (Å²) in [6.45, 7) is 3.94. The summed E-state index contributed by atoms with van der Waals surface area (Å²) in [7, 11) is 0. The lowest BCUT2D eigenvalue weighted by molar-refractivity contribution is -0.143. The molecule has 2 aromatic rings. The van der Waals surface area contributed by atoms with Crippen LogP contribution in [0.15, 0.2) is 36.4 Å². The fourth-order valence-corrected chi connectivity index (χ4v) is 5.32. The maximum Gasteiger partial charge on any atom is 0.315 e. The number of esters is 1. The molecule has 0 saturated heterocycles. The molecule has 2 aromatic carbocycles. The molecule has 4 rings (SSSR count). The van der Waals surface area contributed by atoms with Gasteiger partial charge in [-0.15, -0.1) is 0 Å². The zero-order valence-corrected chi connectivity index (χ0v) is 19.0. The highest BCUT2D eigenvalue weighted by Crippen LogP contribution is 2.41. The first kappa shape index (κ1) is 22.0. The van der Waals surface area contributed by atoms with Crippen LogP contribution in [-0.2, 0) is 24.1 Å². The molecule has 1 heterocycles. The van der Waals surface area contributed by atoms with E-state index in [0.717, 1.165) is 30.7 Å². The number of unbranched alkanes of at least 4 members (excludes halogenated alkanes) is 1. The number of rotatable bonds is 7. The van der Waals surface area contributed by atoms with Gasteiger partial charge in [0.1, 0.15) is 0 Å². The molecule has 1 aliphatic heterocycles. The van der Waals surface area contributed by atoms with E-state index < -0.39 is 0 Å². The van der Waals surface area contributed by atoms with Gasteiger partial charge in [0, 0.05) is 0 Å². The summed E-state index contributed by atoms with van der Waals surface area (Å²) in [5, 5.41) is 0. The maximum absolute atomic E-state index is 14.3. The molecule has 0 spiro atoms. The Bertz CT molecular complexity index is 894. The molecule has 0 N–H and O–H groups in total. The third-order valence-electron chi connectivity index (χ3n) is 7.46. The van der Waals surface area contributed by atoms with Gasteiger partial charge in [-0.1, -0.05) is 62.6 Å². The first-order valence-electron chi connectivity index (χ1n) is 12.1. The lowest BCUT2D eigenvalue weighted by Crippen LogP contribution is -2.35. The van der Waals surface area contributed by atoms with Crippen molar-refractivity contribution in [3.63, 3.8) is 0 Å². The summed E-state index contributed by atoms with van der Waals surface area (Å²) < 4.78 is 19.8. The van der Waals surface area contributed by atoms with Crippen LogP contribution in [0.3, 0.4) is 0 Å². The van der Waals surface area contributed by atoms with Crippen molar-refractivity contribution in [2.45, 2.75) is 78.1 Å². The smallest absolute Gasteiger partial charge is 0.315 e. The lowest BCUT2D eigenvalue weighted by atomic mass is 9.72. The molecule has 31 heavy (non-hydrogen) atoms. The van der Waals surface area contributed by atoms with Gasteiger partial charge in [-0.05, 0) is 86.0 Å². The Morgan fingerprint density at radius 2 is 1.65 bits per heavy atom. The normalized spacial score (nSPS) is 23.3. The number of benzene rings is 2. The average Bonchev–Trinajstić information content (AvgIpc) is 2.80. The monoisotopic (exact) mass is 422 g/mol. The van der Waals surface area contributed by atoms with E-state index in [0.29, 0.717) is 17.9 Å². The van der Waals surface area contributed by atoms with E-state index in [2.05, 4.69) is 31.2 Å². The SMILES string of the molecule is CCCCc1ccc(CCC2CCC(C3Cc4ccc(C)c(F)c4OC3=O)CC2)cc1. The van der Waals surface area contributed by atoms with Gasteiger partial charge in [-0.25, -0.2) is 4.39 Å². The second-order valence-electron chi connectivity index (χ2n) is 9.66. The fraction of sp³-hybridized carbons (Fsp3) is 0.536. The van der Waals surface area contributed by atoms with E-state index in [1.165, 1.54) is 49.7 Å². The van der Waals surface area contributed by atoms with Crippen molar-refractivity contribution in [3.05, 3.63) is 64.5 Å². The minimum atomic E-state index is -0.383. The van der Waals surface area contributed by atoms with Gasteiger partial charge >= 0.3 is 5.97 Å². The minimum Gasteiger partial charge on any atom is -0.423 e. The van der Waals surface area contributed by atoms with Crippen LogP contribution in [0, 0.1) is 30.5 Å². The molecule has 2 nitrogen and oxygen atoms in total. The first-order chi connectivity index (χ1) is 15.0. The van der Waals surface area contributed by atoms with Crippen molar-refractivity contribution >= 4 is 5.97 Å². The second kappa shape index (κ2) is 9.97. The Morgan fingerprint density at radius 3 is 2.32 bits per heavy atom. The fourth-order valence-electron chi connectivity index (χ4n) is 5.32. The summed E-state index contributed by atoms with van der Waals surface area (Å²) in [5.41, 5.74) is 4.26. The van der Waals surface area contributed by atoms with Gasteiger partial charge in [0.05, 0.1) is 5.92 Å².